The van der Waals surface area contributed by atoms with Crippen molar-refractivity contribution < 1.29 is 4.79 Å². The monoisotopic (exact) mass is 182 g/mol. The first-order chi connectivity index (χ1) is 5.59. The fraction of sp³-hybridized carbons (Fsp3) is 0.250. The van der Waals surface area contributed by atoms with Crippen LogP contribution in [-0.4, -0.2) is 10.2 Å². The Morgan fingerprint density at radius 3 is 2.83 bits per heavy atom. The second-order valence-electron chi connectivity index (χ2n) is 2.53. The molecule has 0 aliphatic rings. The van der Waals surface area contributed by atoms with Crippen molar-refractivity contribution in [2.75, 3.05) is 0 Å². The molecule has 3 nitrogen and oxygen atoms in total. The topological polar surface area (TPSA) is 56.0 Å². The molecule has 1 aromatic rings. The Bertz CT molecular complexity index is 328. The van der Waals surface area contributed by atoms with Crippen LogP contribution in [0.2, 0.25) is 0 Å². The largest absolute Gasteiger partial charge is 0.397 e. The summed E-state index contributed by atoms with van der Waals surface area (Å²) in [5, 5.41) is 0. The average Bonchev–Trinajstić information content (AvgIpc) is 2.34. The molecule has 0 bridgehead atoms. The van der Waals surface area contributed by atoms with Crippen molar-refractivity contribution in [3.8, 4) is 0 Å². The van der Waals surface area contributed by atoms with Gasteiger partial charge in [-0.3, -0.25) is 4.79 Å². The van der Waals surface area contributed by atoms with E-state index in [1.165, 1.54) is 24.5 Å². The zero-order valence-electron chi connectivity index (χ0n) is 7.00. The molecular formula is C8H10N2OS. The van der Waals surface area contributed by atoms with Crippen molar-refractivity contribution in [3.63, 3.8) is 0 Å². The summed E-state index contributed by atoms with van der Waals surface area (Å²) in [7, 11) is 0. The lowest BCUT2D eigenvalue weighted by atomic mass is 10.2. The van der Waals surface area contributed by atoms with Gasteiger partial charge >= 0.3 is 0 Å². The van der Waals surface area contributed by atoms with Gasteiger partial charge in [-0.2, -0.15) is 4.37 Å². The first kappa shape index (κ1) is 8.93. The highest BCUT2D eigenvalue weighted by Gasteiger charge is 2.01. The molecule has 0 spiro atoms. The molecule has 0 saturated heterocycles. The van der Waals surface area contributed by atoms with Gasteiger partial charge in [0.1, 0.15) is 5.69 Å². The van der Waals surface area contributed by atoms with Crippen molar-refractivity contribution >= 4 is 23.0 Å². The molecule has 0 fully saturated rings. The Morgan fingerprint density at radius 1 is 1.75 bits per heavy atom. The molecule has 0 atom stereocenters. The maximum Gasteiger partial charge on any atom is 0.154 e. The summed E-state index contributed by atoms with van der Waals surface area (Å²) < 4.78 is 4.06. The number of rotatable bonds is 2. The Balaban J connectivity index is 2.91. The van der Waals surface area contributed by atoms with Crippen LogP contribution in [0.5, 0.6) is 0 Å². The Morgan fingerprint density at radius 2 is 2.42 bits per heavy atom. The van der Waals surface area contributed by atoms with Crippen LogP contribution in [0.25, 0.3) is 5.70 Å². The predicted octanol–water partition coefficient (Wildman–Crippen LogP) is 1.34. The molecule has 2 N–H and O–H groups in total. The van der Waals surface area contributed by atoms with Crippen molar-refractivity contribution in [1.82, 2.24) is 4.37 Å². The normalized spacial score (nSPS) is 11.7. The first-order valence-electron chi connectivity index (χ1n) is 3.51. The number of allylic oxidation sites excluding steroid dienone is 1. The highest BCUT2D eigenvalue weighted by Crippen LogP contribution is 2.12. The van der Waals surface area contributed by atoms with Crippen LogP contribution in [0, 0.1) is 6.92 Å². The highest BCUT2D eigenvalue weighted by atomic mass is 32.1. The number of nitrogens with two attached hydrogens (primary N) is 1. The number of carbonyl (C=O) groups is 1. The summed E-state index contributed by atoms with van der Waals surface area (Å²) in [6, 6.07) is 1.86. The summed E-state index contributed by atoms with van der Waals surface area (Å²) in [6.07, 6.45) is 1.38. The van der Waals surface area contributed by atoms with Gasteiger partial charge in [0, 0.05) is 11.0 Å². The minimum atomic E-state index is -0.0573. The molecule has 0 saturated carbocycles. The van der Waals surface area contributed by atoms with E-state index in [4.69, 9.17) is 5.73 Å². The van der Waals surface area contributed by atoms with Crippen LogP contribution >= 0.6 is 11.5 Å². The molecule has 0 aliphatic carbocycles. The molecule has 1 aromatic heterocycles. The number of ketones is 1. The lowest BCUT2D eigenvalue weighted by Gasteiger charge is -1.92. The van der Waals surface area contributed by atoms with E-state index in [2.05, 4.69) is 4.37 Å². The molecular weight excluding hydrogens is 172 g/mol. The van der Waals surface area contributed by atoms with Gasteiger partial charge in [-0.05, 0) is 31.4 Å². The quantitative estimate of drug-likeness (QED) is 0.702. The fourth-order valence-corrected chi connectivity index (χ4v) is 1.36. The second kappa shape index (κ2) is 3.49. The van der Waals surface area contributed by atoms with Crippen LogP contribution < -0.4 is 5.73 Å². The van der Waals surface area contributed by atoms with Gasteiger partial charge < -0.3 is 5.73 Å². The number of carbonyl (C=O) groups excluding carboxylic acids is 1. The molecule has 0 aliphatic heterocycles. The van der Waals surface area contributed by atoms with Gasteiger partial charge in [-0.25, -0.2) is 0 Å². The van der Waals surface area contributed by atoms with Gasteiger partial charge in [0.25, 0.3) is 0 Å². The van der Waals surface area contributed by atoms with E-state index in [1.807, 2.05) is 13.0 Å². The highest BCUT2D eigenvalue weighted by molar-refractivity contribution is 7.05. The minimum absolute atomic E-state index is 0.0573. The number of hydrogen-bond donors (Lipinski definition) is 1. The van der Waals surface area contributed by atoms with Crippen LogP contribution in [0.15, 0.2) is 12.1 Å². The molecule has 0 amide bonds. The van der Waals surface area contributed by atoms with Crippen molar-refractivity contribution in [2.45, 2.75) is 13.8 Å². The molecule has 4 heteroatoms. The number of nitrogens with zero attached hydrogens (tertiary/aromatic N) is 1. The van der Waals surface area contributed by atoms with Gasteiger partial charge in [0.15, 0.2) is 5.78 Å². The zero-order valence-corrected chi connectivity index (χ0v) is 7.81. The van der Waals surface area contributed by atoms with E-state index in [0.29, 0.717) is 11.4 Å². The van der Waals surface area contributed by atoms with Crippen LogP contribution in [0.3, 0.4) is 0 Å². The summed E-state index contributed by atoms with van der Waals surface area (Å²) >= 11 is 1.38. The van der Waals surface area contributed by atoms with Gasteiger partial charge in [-0.15, -0.1) is 0 Å². The van der Waals surface area contributed by atoms with Crippen molar-refractivity contribution in [2.24, 2.45) is 5.73 Å². The summed E-state index contributed by atoms with van der Waals surface area (Å²) in [5.41, 5.74) is 6.72. The van der Waals surface area contributed by atoms with Crippen LogP contribution in [0.4, 0.5) is 0 Å². The average molecular weight is 182 g/mol. The molecule has 1 rings (SSSR count). The van der Waals surface area contributed by atoms with E-state index < -0.39 is 0 Å². The third-order valence-electron chi connectivity index (χ3n) is 1.28. The van der Waals surface area contributed by atoms with Gasteiger partial charge in [0.2, 0.25) is 0 Å². The molecule has 0 unspecified atom stereocenters. The summed E-state index contributed by atoms with van der Waals surface area (Å²) in [5.74, 6) is -0.0573. The first-order valence-corrected chi connectivity index (χ1v) is 4.28. The molecule has 64 valence electrons. The number of aryl methyl sites for hydroxylation is 1. The third kappa shape index (κ3) is 2.17. The van der Waals surface area contributed by atoms with E-state index in [9.17, 15) is 4.79 Å². The lowest BCUT2D eigenvalue weighted by Crippen LogP contribution is -1.98. The lowest BCUT2D eigenvalue weighted by molar-refractivity contribution is -0.112. The zero-order chi connectivity index (χ0) is 9.14. The number of aromatic nitrogens is 1. The maximum absolute atomic E-state index is 10.7. The molecule has 12 heavy (non-hydrogen) atoms. The van der Waals surface area contributed by atoms with Gasteiger partial charge in [0.05, 0.1) is 5.70 Å². The van der Waals surface area contributed by atoms with Crippen LogP contribution in [-0.2, 0) is 4.79 Å². The summed E-state index contributed by atoms with van der Waals surface area (Å²) in [4.78, 5) is 11.7. The van der Waals surface area contributed by atoms with E-state index >= 15 is 0 Å². The maximum atomic E-state index is 10.7. The molecule has 0 radical (unpaired) electrons. The fourth-order valence-electron chi connectivity index (χ4n) is 0.795. The smallest absolute Gasteiger partial charge is 0.154 e. The molecule has 0 aromatic carbocycles. The second-order valence-corrected chi connectivity index (χ2v) is 3.54. The van der Waals surface area contributed by atoms with E-state index in [-0.39, 0.29) is 5.78 Å². The Labute approximate surface area is 75.1 Å². The van der Waals surface area contributed by atoms with E-state index in [0.717, 1.165) is 4.88 Å². The Hall–Kier alpha value is -1.16. The Kier molecular flexibility index (Phi) is 2.60. The predicted molar refractivity (Wildman–Crippen MR) is 49.7 cm³/mol. The van der Waals surface area contributed by atoms with Crippen molar-refractivity contribution in [3.05, 3.63) is 22.7 Å². The van der Waals surface area contributed by atoms with E-state index in [1.54, 1.807) is 0 Å². The minimum Gasteiger partial charge on any atom is -0.397 e. The van der Waals surface area contributed by atoms with Crippen molar-refractivity contribution in [1.29, 1.82) is 0 Å². The summed E-state index contributed by atoms with van der Waals surface area (Å²) in [6.45, 7) is 3.41. The number of hydrogen-bond acceptors (Lipinski definition) is 4. The standard InChI is InChI=1S/C8H10N2OS/c1-5(11)3-7(9)8-4-6(2)12-10-8/h3-4H,9H2,1-2H3/b7-3+. The van der Waals surface area contributed by atoms with Crippen LogP contribution in [0.1, 0.15) is 17.5 Å². The SMILES string of the molecule is CC(=O)/C=C(/N)c1cc(C)sn1. The van der Waals surface area contributed by atoms with Gasteiger partial charge in [-0.1, -0.05) is 0 Å². The molecule has 1 heterocycles. The third-order valence-corrected chi connectivity index (χ3v) is 1.98.